The van der Waals surface area contributed by atoms with Gasteiger partial charge in [0.05, 0.1) is 6.20 Å². The van der Waals surface area contributed by atoms with Gasteiger partial charge in [-0.2, -0.15) is 0 Å². The summed E-state index contributed by atoms with van der Waals surface area (Å²) in [5.41, 5.74) is 0. The summed E-state index contributed by atoms with van der Waals surface area (Å²) in [6, 6.07) is 0. The first-order valence-electron chi connectivity index (χ1n) is 3.29. The highest BCUT2D eigenvalue weighted by Crippen LogP contribution is 2.04. The lowest BCUT2D eigenvalue weighted by Crippen LogP contribution is -1.82. The number of oxazole rings is 1. The van der Waals surface area contributed by atoms with Crippen LogP contribution < -0.4 is 0 Å². The summed E-state index contributed by atoms with van der Waals surface area (Å²) in [5, 5.41) is 0. The van der Waals surface area contributed by atoms with E-state index in [1.54, 1.807) is 13.3 Å². The van der Waals surface area contributed by atoms with Gasteiger partial charge in [0.1, 0.15) is 12.4 Å². The van der Waals surface area contributed by atoms with E-state index in [0.29, 0.717) is 6.61 Å². The Hall–Kier alpha value is -0.830. The lowest BCUT2D eigenvalue weighted by atomic mass is 10.5. The standard InChI is InChI=1S/C7H11NO2/c1-3-7-8-4-6(10-7)5-9-2/h4H,3,5H2,1-2H3. The van der Waals surface area contributed by atoms with Crippen LogP contribution in [0.3, 0.4) is 0 Å². The van der Waals surface area contributed by atoms with Gasteiger partial charge >= 0.3 is 0 Å². The summed E-state index contributed by atoms with van der Waals surface area (Å²) in [6.07, 6.45) is 2.53. The summed E-state index contributed by atoms with van der Waals surface area (Å²) >= 11 is 0. The lowest BCUT2D eigenvalue weighted by Gasteiger charge is -1.89. The number of ether oxygens (including phenoxy) is 1. The molecule has 3 heteroatoms. The molecule has 0 amide bonds. The first-order valence-corrected chi connectivity index (χ1v) is 3.29. The molecule has 0 bridgehead atoms. The number of rotatable bonds is 3. The summed E-state index contributed by atoms with van der Waals surface area (Å²) in [5.74, 6) is 1.56. The molecule has 0 unspecified atom stereocenters. The van der Waals surface area contributed by atoms with Crippen molar-refractivity contribution in [1.29, 1.82) is 0 Å². The van der Waals surface area contributed by atoms with E-state index < -0.39 is 0 Å². The quantitative estimate of drug-likeness (QED) is 0.638. The second-order valence-electron chi connectivity index (χ2n) is 2.01. The van der Waals surface area contributed by atoms with Crippen molar-refractivity contribution < 1.29 is 9.15 Å². The van der Waals surface area contributed by atoms with Gasteiger partial charge in [-0.3, -0.25) is 0 Å². The Morgan fingerprint density at radius 3 is 3.00 bits per heavy atom. The fraction of sp³-hybridized carbons (Fsp3) is 0.571. The molecular formula is C7H11NO2. The van der Waals surface area contributed by atoms with Crippen LogP contribution in [0, 0.1) is 0 Å². The van der Waals surface area contributed by atoms with Crippen LogP contribution in [0.25, 0.3) is 0 Å². The molecule has 10 heavy (non-hydrogen) atoms. The van der Waals surface area contributed by atoms with Gasteiger partial charge in [0.2, 0.25) is 0 Å². The van der Waals surface area contributed by atoms with Gasteiger partial charge in [0.15, 0.2) is 5.89 Å². The molecule has 0 saturated heterocycles. The monoisotopic (exact) mass is 141 g/mol. The molecule has 1 aromatic heterocycles. The maximum atomic E-state index is 5.24. The van der Waals surface area contributed by atoms with Crippen molar-refractivity contribution in [2.45, 2.75) is 20.0 Å². The number of nitrogens with zero attached hydrogens (tertiary/aromatic N) is 1. The van der Waals surface area contributed by atoms with Crippen LogP contribution in [0.1, 0.15) is 18.6 Å². The molecule has 0 aliphatic carbocycles. The van der Waals surface area contributed by atoms with Crippen LogP contribution in [0.4, 0.5) is 0 Å². The topological polar surface area (TPSA) is 35.3 Å². The molecule has 0 aliphatic rings. The largest absolute Gasteiger partial charge is 0.443 e. The molecule has 3 nitrogen and oxygen atoms in total. The van der Waals surface area contributed by atoms with Crippen molar-refractivity contribution in [3.63, 3.8) is 0 Å². The van der Waals surface area contributed by atoms with Crippen LogP contribution in [0.15, 0.2) is 10.6 Å². The zero-order valence-corrected chi connectivity index (χ0v) is 6.26. The first kappa shape index (κ1) is 7.28. The molecule has 56 valence electrons. The molecule has 0 spiro atoms. The summed E-state index contributed by atoms with van der Waals surface area (Å²) < 4.78 is 10.1. The summed E-state index contributed by atoms with van der Waals surface area (Å²) in [6.45, 7) is 2.51. The molecule has 0 N–H and O–H groups in total. The predicted octanol–water partition coefficient (Wildman–Crippen LogP) is 1.38. The van der Waals surface area contributed by atoms with Gasteiger partial charge in [0.25, 0.3) is 0 Å². The Labute approximate surface area is 60.0 Å². The van der Waals surface area contributed by atoms with Crippen LogP contribution in [-0.2, 0) is 17.8 Å². The van der Waals surface area contributed by atoms with Crippen molar-refractivity contribution in [3.8, 4) is 0 Å². The van der Waals surface area contributed by atoms with E-state index in [4.69, 9.17) is 9.15 Å². The zero-order chi connectivity index (χ0) is 7.40. The van der Waals surface area contributed by atoms with E-state index in [0.717, 1.165) is 18.1 Å². The highest BCUT2D eigenvalue weighted by Gasteiger charge is 1.99. The van der Waals surface area contributed by atoms with Gasteiger partial charge in [-0.25, -0.2) is 4.98 Å². The van der Waals surface area contributed by atoms with Crippen LogP contribution in [-0.4, -0.2) is 12.1 Å². The molecule has 0 saturated carbocycles. The van der Waals surface area contributed by atoms with Crippen molar-refractivity contribution in [2.24, 2.45) is 0 Å². The molecule has 1 rings (SSSR count). The van der Waals surface area contributed by atoms with Gasteiger partial charge in [-0.1, -0.05) is 6.92 Å². The minimum atomic E-state index is 0.507. The number of hydrogen-bond donors (Lipinski definition) is 0. The van der Waals surface area contributed by atoms with Crippen molar-refractivity contribution in [3.05, 3.63) is 17.8 Å². The molecule has 0 radical (unpaired) electrons. The fourth-order valence-corrected chi connectivity index (χ4v) is 0.720. The van der Waals surface area contributed by atoms with Crippen LogP contribution in [0.5, 0.6) is 0 Å². The third-order valence-corrected chi connectivity index (χ3v) is 1.19. The minimum Gasteiger partial charge on any atom is -0.443 e. The van der Waals surface area contributed by atoms with E-state index >= 15 is 0 Å². The molecule has 0 atom stereocenters. The van der Waals surface area contributed by atoms with E-state index in [9.17, 15) is 0 Å². The smallest absolute Gasteiger partial charge is 0.194 e. The van der Waals surface area contributed by atoms with E-state index in [1.165, 1.54) is 0 Å². The second-order valence-corrected chi connectivity index (χ2v) is 2.01. The van der Waals surface area contributed by atoms with E-state index in [1.807, 2.05) is 6.92 Å². The lowest BCUT2D eigenvalue weighted by molar-refractivity contribution is 0.163. The SMILES string of the molecule is CCc1ncc(COC)o1. The average Bonchev–Trinajstić information content (AvgIpc) is 2.37. The third kappa shape index (κ3) is 1.57. The average molecular weight is 141 g/mol. The number of aromatic nitrogens is 1. The Kier molecular flexibility index (Phi) is 2.45. The van der Waals surface area contributed by atoms with Crippen molar-refractivity contribution >= 4 is 0 Å². The number of aryl methyl sites for hydroxylation is 1. The minimum absolute atomic E-state index is 0.507. The normalized spacial score (nSPS) is 10.2. The van der Waals surface area contributed by atoms with Crippen LogP contribution >= 0.6 is 0 Å². The van der Waals surface area contributed by atoms with Crippen molar-refractivity contribution in [2.75, 3.05) is 7.11 Å². The fourth-order valence-electron chi connectivity index (χ4n) is 0.720. The zero-order valence-electron chi connectivity index (χ0n) is 6.26. The van der Waals surface area contributed by atoms with Gasteiger partial charge in [-0.15, -0.1) is 0 Å². The Balaban J connectivity index is 2.59. The van der Waals surface area contributed by atoms with Gasteiger partial charge in [-0.05, 0) is 0 Å². The third-order valence-electron chi connectivity index (χ3n) is 1.19. The predicted molar refractivity (Wildman–Crippen MR) is 36.6 cm³/mol. The second kappa shape index (κ2) is 3.37. The van der Waals surface area contributed by atoms with Crippen molar-refractivity contribution in [1.82, 2.24) is 4.98 Å². The Morgan fingerprint density at radius 1 is 1.70 bits per heavy atom. The molecule has 1 aromatic rings. The first-order chi connectivity index (χ1) is 4.86. The highest BCUT2D eigenvalue weighted by molar-refractivity contribution is 4.91. The summed E-state index contributed by atoms with van der Waals surface area (Å²) in [7, 11) is 1.63. The maximum absolute atomic E-state index is 5.24. The van der Waals surface area contributed by atoms with Gasteiger partial charge in [0, 0.05) is 13.5 Å². The van der Waals surface area contributed by atoms with Crippen LogP contribution in [0.2, 0.25) is 0 Å². The number of hydrogen-bond acceptors (Lipinski definition) is 3. The number of methoxy groups -OCH3 is 1. The van der Waals surface area contributed by atoms with E-state index in [2.05, 4.69) is 4.98 Å². The van der Waals surface area contributed by atoms with E-state index in [-0.39, 0.29) is 0 Å². The maximum Gasteiger partial charge on any atom is 0.194 e. The Morgan fingerprint density at radius 2 is 2.50 bits per heavy atom. The highest BCUT2D eigenvalue weighted by atomic mass is 16.5. The molecule has 1 heterocycles. The Bertz CT molecular complexity index is 195. The molecule has 0 aromatic carbocycles. The van der Waals surface area contributed by atoms with Gasteiger partial charge < -0.3 is 9.15 Å². The summed E-state index contributed by atoms with van der Waals surface area (Å²) in [4.78, 5) is 4.01. The molecule has 0 fully saturated rings. The molecular weight excluding hydrogens is 130 g/mol. The molecule has 0 aliphatic heterocycles.